The fourth-order valence-corrected chi connectivity index (χ4v) is 1.99. The van der Waals surface area contributed by atoms with Crippen LogP contribution in [0.2, 0.25) is 0 Å². The number of hydrogen-bond donors (Lipinski definition) is 0. The minimum Gasteiger partial charge on any atom is -0.468 e. The fraction of sp³-hybridized carbons (Fsp3) is 0.600. The Morgan fingerprint density at radius 2 is 2.40 bits per heavy atom. The second-order valence-corrected chi connectivity index (χ2v) is 4.36. The molecular weight excluding hydrogens is 212 g/mol. The number of carbonyl (C=O) groups excluding carboxylic acids is 1. The Bertz CT molecular complexity index is 325. The van der Waals surface area contributed by atoms with E-state index >= 15 is 0 Å². The van der Waals surface area contributed by atoms with Crippen LogP contribution in [0.15, 0.2) is 5.51 Å². The number of methoxy groups -OCH3 is 1. The van der Waals surface area contributed by atoms with Crippen LogP contribution in [0.3, 0.4) is 0 Å². The van der Waals surface area contributed by atoms with Crippen molar-refractivity contribution in [2.75, 3.05) is 27.2 Å². The smallest absolute Gasteiger partial charge is 0.319 e. The Hall–Kier alpha value is -0.940. The summed E-state index contributed by atoms with van der Waals surface area (Å²) in [6.45, 7) is 3.19. The molecule has 0 saturated carbocycles. The van der Waals surface area contributed by atoms with Crippen LogP contribution in [0, 0.1) is 6.92 Å². The molecule has 0 amide bonds. The van der Waals surface area contributed by atoms with Crippen LogP contribution in [0.5, 0.6) is 0 Å². The van der Waals surface area contributed by atoms with Gasteiger partial charge in [0.1, 0.15) is 0 Å². The molecule has 15 heavy (non-hydrogen) atoms. The molecule has 0 radical (unpaired) electrons. The van der Waals surface area contributed by atoms with Crippen LogP contribution < -0.4 is 0 Å². The van der Waals surface area contributed by atoms with Crippen molar-refractivity contribution in [2.24, 2.45) is 0 Å². The van der Waals surface area contributed by atoms with E-state index in [0.29, 0.717) is 6.54 Å². The quantitative estimate of drug-likeness (QED) is 0.708. The highest BCUT2D eigenvalue weighted by molar-refractivity contribution is 7.09. The molecule has 0 bridgehead atoms. The molecule has 0 N–H and O–H groups in total. The summed E-state index contributed by atoms with van der Waals surface area (Å²) in [5.41, 5.74) is 2.94. The summed E-state index contributed by atoms with van der Waals surface area (Å²) >= 11 is 1.66. The molecule has 0 aliphatic rings. The number of likely N-dealkylation sites (N-methyl/N-ethyl adjacent to an activating group) is 1. The predicted molar refractivity (Wildman–Crippen MR) is 60.1 cm³/mol. The van der Waals surface area contributed by atoms with E-state index in [9.17, 15) is 4.79 Å². The number of thiazole rings is 1. The largest absolute Gasteiger partial charge is 0.468 e. The predicted octanol–water partition coefficient (Wildman–Crippen LogP) is 1.10. The Kier molecular flexibility index (Phi) is 4.71. The van der Waals surface area contributed by atoms with Gasteiger partial charge in [0.05, 0.1) is 24.9 Å². The monoisotopic (exact) mass is 228 g/mol. The first-order valence-corrected chi connectivity index (χ1v) is 5.65. The number of hydrogen-bond acceptors (Lipinski definition) is 5. The summed E-state index contributed by atoms with van der Waals surface area (Å²) in [5, 5.41) is 0. The first-order valence-electron chi connectivity index (χ1n) is 4.77. The van der Waals surface area contributed by atoms with Gasteiger partial charge in [-0.25, -0.2) is 4.98 Å². The third kappa shape index (κ3) is 3.97. The second kappa shape index (κ2) is 5.82. The Morgan fingerprint density at radius 1 is 1.67 bits per heavy atom. The summed E-state index contributed by atoms with van der Waals surface area (Å²) in [7, 11) is 3.32. The van der Waals surface area contributed by atoms with E-state index in [-0.39, 0.29) is 5.97 Å². The first-order chi connectivity index (χ1) is 7.13. The van der Waals surface area contributed by atoms with Crippen molar-refractivity contribution in [1.82, 2.24) is 9.88 Å². The Labute approximate surface area is 93.9 Å². The zero-order valence-corrected chi connectivity index (χ0v) is 10.1. The molecule has 0 fully saturated rings. The molecule has 1 aromatic heterocycles. The number of aromatic nitrogens is 1. The van der Waals surface area contributed by atoms with E-state index in [2.05, 4.69) is 9.72 Å². The molecule has 0 atom stereocenters. The van der Waals surface area contributed by atoms with Gasteiger partial charge >= 0.3 is 5.97 Å². The average molecular weight is 228 g/mol. The van der Waals surface area contributed by atoms with Gasteiger partial charge in [-0.3, -0.25) is 9.69 Å². The van der Waals surface area contributed by atoms with E-state index < -0.39 is 0 Å². The molecule has 0 aliphatic heterocycles. The van der Waals surface area contributed by atoms with Gasteiger partial charge in [-0.05, 0) is 20.4 Å². The molecule has 1 rings (SSSR count). The Morgan fingerprint density at radius 3 is 2.93 bits per heavy atom. The number of ether oxygens (including phenoxy) is 1. The van der Waals surface area contributed by atoms with Crippen molar-refractivity contribution >= 4 is 17.3 Å². The molecule has 0 spiro atoms. The van der Waals surface area contributed by atoms with Crippen LogP contribution in [0.4, 0.5) is 0 Å². The van der Waals surface area contributed by atoms with Crippen molar-refractivity contribution in [1.29, 1.82) is 0 Å². The summed E-state index contributed by atoms with van der Waals surface area (Å²) in [5.74, 6) is -0.196. The molecular formula is C10H16N2O2S. The van der Waals surface area contributed by atoms with Crippen molar-refractivity contribution in [3.63, 3.8) is 0 Å². The lowest BCUT2D eigenvalue weighted by Gasteiger charge is -2.14. The third-order valence-electron chi connectivity index (χ3n) is 2.19. The minimum atomic E-state index is -0.196. The second-order valence-electron chi connectivity index (χ2n) is 3.42. The van der Waals surface area contributed by atoms with E-state index in [4.69, 9.17) is 0 Å². The van der Waals surface area contributed by atoms with E-state index in [1.54, 1.807) is 11.3 Å². The van der Waals surface area contributed by atoms with E-state index in [1.165, 1.54) is 12.0 Å². The lowest BCUT2D eigenvalue weighted by molar-refractivity contribution is -0.141. The molecule has 4 nitrogen and oxygen atoms in total. The zero-order valence-electron chi connectivity index (χ0n) is 9.32. The summed E-state index contributed by atoms with van der Waals surface area (Å²) in [6.07, 6.45) is 0.935. The molecule has 84 valence electrons. The molecule has 0 unspecified atom stereocenters. The highest BCUT2D eigenvalue weighted by Gasteiger charge is 2.07. The van der Waals surface area contributed by atoms with Gasteiger partial charge in [0.25, 0.3) is 0 Å². The topological polar surface area (TPSA) is 42.4 Å². The average Bonchev–Trinajstić information content (AvgIpc) is 2.61. The van der Waals surface area contributed by atoms with Crippen LogP contribution in [-0.2, 0) is 16.0 Å². The molecule has 0 aromatic carbocycles. The minimum absolute atomic E-state index is 0.196. The highest BCUT2D eigenvalue weighted by atomic mass is 32.1. The summed E-state index contributed by atoms with van der Waals surface area (Å²) < 4.78 is 4.59. The standard InChI is InChI=1S/C10H16N2O2S/c1-8-9(15-7-11-8)4-5-12(2)6-10(13)14-3/h7H,4-6H2,1-3H3. The van der Waals surface area contributed by atoms with Crippen LogP contribution in [-0.4, -0.2) is 43.1 Å². The lowest BCUT2D eigenvalue weighted by atomic mass is 10.3. The molecule has 0 saturated heterocycles. The van der Waals surface area contributed by atoms with Gasteiger partial charge in [-0.1, -0.05) is 0 Å². The number of aryl methyl sites for hydroxylation is 1. The van der Waals surface area contributed by atoms with Gasteiger partial charge in [-0.15, -0.1) is 11.3 Å². The SMILES string of the molecule is COC(=O)CN(C)CCc1scnc1C. The maximum atomic E-state index is 11.0. The summed E-state index contributed by atoms with van der Waals surface area (Å²) in [6, 6.07) is 0. The molecule has 1 aromatic rings. The molecule has 1 heterocycles. The van der Waals surface area contributed by atoms with Crippen molar-refractivity contribution in [2.45, 2.75) is 13.3 Å². The number of nitrogens with zero attached hydrogens (tertiary/aromatic N) is 2. The van der Waals surface area contributed by atoms with Crippen LogP contribution >= 0.6 is 11.3 Å². The maximum absolute atomic E-state index is 11.0. The van der Waals surface area contributed by atoms with Crippen LogP contribution in [0.1, 0.15) is 10.6 Å². The van der Waals surface area contributed by atoms with E-state index in [0.717, 1.165) is 18.7 Å². The van der Waals surface area contributed by atoms with E-state index in [1.807, 2.05) is 24.4 Å². The molecule has 0 aliphatic carbocycles. The maximum Gasteiger partial charge on any atom is 0.319 e. The van der Waals surface area contributed by atoms with Crippen molar-refractivity contribution in [3.05, 3.63) is 16.1 Å². The van der Waals surface area contributed by atoms with Crippen LogP contribution in [0.25, 0.3) is 0 Å². The van der Waals surface area contributed by atoms with Gasteiger partial charge in [0.15, 0.2) is 0 Å². The number of rotatable bonds is 5. The summed E-state index contributed by atoms with van der Waals surface area (Å²) in [4.78, 5) is 18.4. The van der Waals surface area contributed by atoms with Crippen molar-refractivity contribution in [3.8, 4) is 0 Å². The number of carbonyl (C=O) groups is 1. The van der Waals surface area contributed by atoms with Gasteiger partial charge in [0, 0.05) is 11.4 Å². The van der Waals surface area contributed by atoms with Gasteiger partial charge in [-0.2, -0.15) is 0 Å². The van der Waals surface area contributed by atoms with Gasteiger partial charge < -0.3 is 4.74 Å². The molecule has 5 heteroatoms. The number of esters is 1. The lowest BCUT2D eigenvalue weighted by Crippen LogP contribution is -2.28. The third-order valence-corrected chi connectivity index (χ3v) is 3.19. The zero-order chi connectivity index (χ0) is 11.3. The normalized spacial score (nSPS) is 10.7. The fourth-order valence-electron chi connectivity index (χ4n) is 1.22. The highest BCUT2D eigenvalue weighted by Crippen LogP contribution is 2.12. The first kappa shape index (κ1) is 12.1. The van der Waals surface area contributed by atoms with Gasteiger partial charge in [0.2, 0.25) is 0 Å². The van der Waals surface area contributed by atoms with Crippen molar-refractivity contribution < 1.29 is 9.53 Å². The Balaban J connectivity index is 2.31.